The largest absolute Gasteiger partial charge is 0.335 e. The van der Waals surface area contributed by atoms with Gasteiger partial charge in [-0.1, -0.05) is 30.3 Å². The van der Waals surface area contributed by atoms with E-state index in [9.17, 15) is 14.9 Å². The van der Waals surface area contributed by atoms with Crippen molar-refractivity contribution in [2.75, 3.05) is 19.6 Å². The van der Waals surface area contributed by atoms with Crippen LogP contribution in [0.3, 0.4) is 0 Å². The molecule has 2 aromatic rings. The highest BCUT2D eigenvalue weighted by Crippen LogP contribution is 2.32. The number of piperidine rings is 1. The Bertz CT molecular complexity index is 853. The Hall–Kier alpha value is -2.73. The molecule has 0 unspecified atom stereocenters. The van der Waals surface area contributed by atoms with E-state index < -0.39 is 4.92 Å². The molecule has 2 aliphatic heterocycles. The van der Waals surface area contributed by atoms with Gasteiger partial charge in [0, 0.05) is 43.4 Å². The maximum atomic E-state index is 13.1. The van der Waals surface area contributed by atoms with Crippen molar-refractivity contribution in [3.05, 3.63) is 75.8 Å². The minimum Gasteiger partial charge on any atom is -0.335 e. The molecule has 0 bridgehead atoms. The Morgan fingerprint density at radius 1 is 1.00 bits per heavy atom. The van der Waals surface area contributed by atoms with Gasteiger partial charge in [-0.15, -0.1) is 0 Å². The summed E-state index contributed by atoms with van der Waals surface area (Å²) < 4.78 is 0. The van der Waals surface area contributed by atoms with E-state index in [1.807, 2.05) is 11.0 Å². The fourth-order valence-electron chi connectivity index (χ4n) is 4.82. The van der Waals surface area contributed by atoms with Crippen molar-refractivity contribution < 1.29 is 9.72 Å². The zero-order chi connectivity index (χ0) is 20.2. The maximum absolute atomic E-state index is 13.1. The first-order chi connectivity index (χ1) is 14.1. The molecule has 6 heteroatoms. The van der Waals surface area contributed by atoms with Crippen LogP contribution in [0.15, 0.2) is 54.6 Å². The molecule has 2 aromatic carbocycles. The lowest BCUT2D eigenvalue weighted by molar-refractivity contribution is -0.384. The lowest BCUT2D eigenvalue weighted by Gasteiger charge is -2.39. The average molecular weight is 393 g/mol. The normalized spacial score (nSPS) is 22.6. The summed E-state index contributed by atoms with van der Waals surface area (Å²) in [6, 6.07) is 16.8. The molecule has 1 amide bonds. The Labute approximate surface area is 171 Å². The first kappa shape index (κ1) is 19.6. The summed E-state index contributed by atoms with van der Waals surface area (Å²) in [5, 5.41) is 10.9. The van der Waals surface area contributed by atoms with Gasteiger partial charge in [0.25, 0.3) is 11.6 Å². The molecular weight excluding hydrogens is 366 g/mol. The number of non-ortho nitro benzene ring substituents is 1. The molecule has 0 radical (unpaired) electrons. The minimum absolute atomic E-state index is 0.00239. The molecule has 29 heavy (non-hydrogen) atoms. The second kappa shape index (κ2) is 8.74. The molecular formula is C23H27N3O3. The molecule has 2 heterocycles. The number of carbonyl (C=O) groups is 1. The highest BCUT2D eigenvalue weighted by molar-refractivity contribution is 5.94. The van der Waals surface area contributed by atoms with Crippen molar-refractivity contribution in [3.63, 3.8) is 0 Å². The number of likely N-dealkylation sites (tertiary alicyclic amines) is 2. The van der Waals surface area contributed by atoms with Crippen LogP contribution in [0.2, 0.25) is 0 Å². The van der Waals surface area contributed by atoms with E-state index in [1.54, 1.807) is 12.1 Å². The van der Waals surface area contributed by atoms with E-state index in [2.05, 4.69) is 29.2 Å². The van der Waals surface area contributed by atoms with Gasteiger partial charge in [0.2, 0.25) is 0 Å². The summed E-state index contributed by atoms with van der Waals surface area (Å²) in [6.07, 6.45) is 4.38. The Morgan fingerprint density at radius 3 is 2.45 bits per heavy atom. The van der Waals surface area contributed by atoms with Crippen molar-refractivity contribution in [1.82, 2.24) is 9.80 Å². The summed E-state index contributed by atoms with van der Waals surface area (Å²) in [6.45, 7) is 3.86. The Balaban J connectivity index is 1.43. The smallest absolute Gasteiger partial charge is 0.269 e. The van der Waals surface area contributed by atoms with Gasteiger partial charge in [0.1, 0.15) is 0 Å². The SMILES string of the molecule is O=C(c1ccc([N+](=O)[O-])cc1)N1CCC[C@H]1[C@@H]1CCCN(Cc2ccccc2)C1. The molecule has 0 aliphatic carbocycles. The average Bonchev–Trinajstić information content (AvgIpc) is 3.24. The van der Waals surface area contributed by atoms with E-state index in [0.29, 0.717) is 11.5 Å². The predicted molar refractivity (Wildman–Crippen MR) is 112 cm³/mol. The molecule has 6 nitrogen and oxygen atoms in total. The zero-order valence-electron chi connectivity index (χ0n) is 16.6. The van der Waals surface area contributed by atoms with Gasteiger partial charge < -0.3 is 4.90 Å². The van der Waals surface area contributed by atoms with Crippen LogP contribution in [0.1, 0.15) is 41.6 Å². The van der Waals surface area contributed by atoms with Crippen LogP contribution in [0.4, 0.5) is 5.69 Å². The highest BCUT2D eigenvalue weighted by atomic mass is 16.6. The summed E-state index contributed by atoms with van der Waals surface area (Å²) >= 11 is 0. The predicted octanol–water partition coefficient (Wildman–Crippen LogP) is 4.11. The van der Waals surface area contributed by atoms with E-state index in [0.717, 1.165) is 51.9 Å². The van der Waals surface area contributed by atoms with Gasteiger partial charge in [0.15, 0.2) is 0 Å². The van der Waals surface area contributed by atoms with E-state index in [-0.39, 0.29) is 17.6 Å². The number of benzene rings is 2. The van der Waals surface area contributed by atoms with Crippen molar-refractivity contribution in [1.29, 1.82) is 0 Å². The number of rotatable bonds is 5. The van der Waals surface area contributed by atoms with Gasteiger partial charge in [-0.25, -0.2) is 0 Å². The zero-order valence-corrected chi connectivity index (χ0v) is 16.6. The van der Waals surface area contributed by atoms with E-state index in [1.165, 1.54) is 17.7 Å². The van der Waals surface area contributed by atoms with E-state index >= 15 is 0 Å². The maximum Gasteiger partial charge on any atom is 0.269 e. The second-order valence-electron chi connectivity index (χ2n) is 8.14. The van der Waals surface area contributed by atoms with Crippen LogP contribution in [0.5, 0.6) is 0 Å². The molecule has 2 saturated heterocycles. The van der Waals surface area contributed by atoms with Gasteiger partial charge in [-0.3, -0.25) is 19.8 Å². The number of hydrogen-bond acceptors (Lipinski definition) is 4. The molecule has 2 aliphatic rings. The summed E-state index contributed by atoms with van der Waals surface area (Å²) in [5.41, 5.74) is 1.89. The standard InChI is InChI=1S/C23H27N3O3/c27-23(19-10-12-21(13-11-19)26(28)29)25-15-5-9-22(25)20-8-4-14-24(17-20)16-18-6-2-1-3-7-18/h1-3,6-7,10-13,20,22H,4-5,8-9,14-17H2/t20-,22+/m1/s1. The third-order valence-electron chi connectivity index (χ3n) is 6.22. The molecule has 2 fully saturated rings. The van der Waals surface area contributed by atoms with Gasteiger partial charge in [0.05, 0.1) is 4.92 Å². The van der Waals surface area contributed by atoms with Gasteiger partial charge in [-0.05, 0) is 55.8 Å². The van der Waals surface area contributed by atoms with E-state index in [4.69, 9.17) is 0 Å². The van der Waals surface area contributed by atoms with Crippen LogP contribution in [0.25, 0.3) is 0 Å². The summed E-state index contributed by atoms with van der Waals surface area (Å²) in [7, 11) is 0. The third kappa shape index (κ3) is 4.48. The van der Waals surface area contributed by atoms with Crippen molar-refractivity contribution >= 4 is 11.6 Å². The minimum atomic E-state index is -0.434. The lowest BCUT2D eigenvalue weighted by atomic mass is 9.88. The van der Waals surface area contributed by atoms with Crippen LogP contribution in [-0.2, 0) is 6.54 Å². The second-order valence-corrected chi connectivity index (χ2v) is 8.14. The molecule has 0 N–H and O–H groups in total. The third-order valence-corrected chi connectivity index (χ3v) is 6.22. The number of carbonyl (C=O) groups excluding carboxylic acids is 1. The van der Waals surface area contributed by atoms with Crippen LogP contribution < -0.4 is 0 Å². The monoisotopic (exact) mass is 393 g/mol. The highest BCUT2D eigenvalue weighted by Gasteiger charge is 2.37. The Kier molecular flexibility index (Phi) is 5.90. The lowest BCUT2D eigenvalue weighted by Crippen LogP contribution is -2.46. The van der Waals surface area contributed by atoms with Crippen LogP contribution in [-0.4, -0.2) is 46.3 Å². The quantitative estimate of drug-likeness (QED) is 0.566. The molecule has 2 atom stereocenters. The van der Waals surface area contributed by atoms with Crippen molar-refractivity contribution in [3.8, 4) is 0 Å². The van der Waals surface area contributed by atoms with Crippen molar-refractivity contribution in [2.24, 2.45) is 5.92 Å². The van der Waals surface area contributed by atoms with Crippen LogP contribution in [0, 0.1) is 16.0 Å². The Morgan fingerprint density at radius 2 is 1.72 bits per heavy atom. The van der Waals surface area contributed by atoms with Crippen molar-refractivity contribution in [2.45, 2.75) is 38.3 Å². The van der Waals surface area contributed by atoms with Gasteiger partial charge in [-0.2, -0.15) is 0 Å². The summed E-state index contributed by atoms with van der Waals surface area (Å²) in [4.78, 5) is 28.0. The summed E-state index contributed by atoms with van der Waals surface area (Å²) in [5.74, 6) is 0.486. The number of amides is 1. The fraction of sp³-hybridized carbons (Fsp3) is 0.435. The molecule has 4 rings (SSSR count). The molecule has 152 valence electrons. The number of nitrogens with zero attached hydrogens (tertiary/aromatic N) is 3. The molecule has 0 aromatic heterocycles. The molecule has 0 saturated carbocycles. The van der Waals surface area contributed by atoms with Gasteiger partial charge >= 0.3 is 0 Å². The fourth-order valence-corrected chi connectivity index (χ4v) is 4.82. The first-order valence-electron chi connectivity index (χ1n) is 10.4. The number of nitro groups is 1. The van der Waals surface area contributed by atoms with Crippen LogP contribution >= 0.6 is 0 Å². The number of nitro benzene ring substituents is 1. The topological polar surface area (TPSA) is 66.7 Å². The molecule has 0 spiro atoms. The number of hydrogen-bond donors (Lipinski definition) is 0. The first-order valence-corrected chi connectivity index (χ1v) is 10.4.